The Balaban J connectivity index is 2.43. The number of likely N-dealkylation sites (tertiary alicyclic amines) is 1. The Morgan fingerprint density at radius 2 is 1.89 bits per heavy atom. The molecule has 0 aromatic rings. The number of nitrogens with zero attached hydrogens (tertiary/aromatic N) is 1. The lowest BCUT2D eigenvalue weighted by Crippen LogP contribution is -2.49. The van der Waals surface area contributed by atoms with Gasteiger partial charge in [-0.1, -0.05) is 0 Å². The maximum atomic E-state index is 11.9. The summed E-state index contributed by atoms with van der Waals surface area (Å²) in [7, 11) is 0. The average Bonchev–Trinajstić information content (AvgIpc) is 2.37. The Morgan fingerprint density at radius 1 is 1.32 bits per heavy atom. The van der Waals surface area contributed by atoms with Crippen molar-refractivity contribution >= 4 is 17.8 Å². The Hall–Kier alpha value is -1.63. The zero-order valence-corrected chi connectivity index (χ0v) is 11.1. The van der Waals surface area contributed by atoms with Gasteiger partial charge in [0.2, 0.25) is 11.8 Å². The summed E-state index contributed by atoms with van der Waals surface area (Å²) in [5.74, 6) is -1.25. The number of hydrogen-bond acceptors (Lipinski definition) is 5. The van der Waals surface area contributed by atoms with E-state index in [1.807, 2.05) is 0 Å². The van der Waals surface area contributed by atoms with Gasteiger partial charge in [0, 0.05) is 13.1 Å². The molecule has 1 heterocycles. The van der Waals surface area contributed by atoms with E-state index in [1.54, 1.807) is 11.8 Å². The Bertz CT molecular complexity index is 351. The van der Waals surface area contributed by atoms with Crippen molar-refractivity contribution in [2.24, 2.45) is 17.4 Å². The normalized spacial score (nSPS) is 17.9. The molecule has 1 aliphatic rings. The highest BCUT2D eigenvalue weighted by molar-refractivity contribution is 5.87. The lowest BCUT2D eigenvalue weighted by atomic mass is 9.96. The van der Waals surface area contributed by atoms with Crippen LogP contribution in [0, 0.1) is 5.92 Å². The first kappa shape index (κ1) is 15.4. The van der Waals surface area contributed by atoms with Gasteiger partial charge < -0.3 is 21.1 Å². The summed E-state index contributed by atoms with van der Waals surface area (Å²) >= 11 is 0. The molecule has 0 radical (unpaired) electrons. The van der Waals surface area contributed by atoms with E-state index in [4.69, 9.17) is 16.2 Å². The third kappa shape index (κ3) is 4.51. The number of carbonyl (C=O) groups is 3. The molecule has 7 heteroatoms. The molecule has 7 nitrogen and oxygen atoms in total. The number of esters is 1. The smallest absolute Gasteiger partial charge is 0.309 e. The van der Waals surface area contributed by atoms with Crippen LogP contribution in [0.5, 0.6) is 0 Å². The van der Waals surface area contributed by atoms with Crippen molar-refractivity contribution < 1.29 is 19.1 Å². The fourth-order valence-corrected chi connectivity index (χ4v) is 2.13. The predicted molar refractivity (Wildman–Crippen MR) is 67.7 cm³/mol. The molecule has 1 aliphatic heterocycles. The second-order valence-electron chi connectivity index (χ2n) is 4.63. The van der Waals surface area contributed by atoms with Gasteiger partial charge in [-0.3, -0.25) is 14.4 Å². The minimum atomic E-state index is -0.892. The summed E-state index contributed by atoms with van der Waals surface area (Å²) in [6, 6.07) is -0.892. The highest BCUT2D eigenvalue weighted by atomic mass is 16.5. The van der Waals surface area contributed by atoms with Gasteiger partial charge in [-0.2, -0.15) is 0 Å². The van der Waals surface area contributed by atoms with Gasteiger partial charge in [-0.15, -0.1) is 0 Å². The van der Waals surface area contributed by atoms with Crippen LogP contribution in [0.4, 0.5) is 0 Å². The second-order valence-corrected chi connectivity index (χ2v) is 4.63. The van der Waals surface area contributed by atoms with Gasteiger partial charge in [-0.25, -0.2) is 0 Å². The SMILES string of the molecule is CCOC(=O)C1CCN(C(=O)C(N)CC(N)=O)CC1. The van der Waals surface area contributed by atoms with Gasteiger partial charge in [0.05, 0.1) is 25.0 Å². The van der Waals surface area contributed by atoms with Crippen LogP contribution >= 0.6 is 0 Å². The number of rotatable bonds is 5. The van der Waals surface area contributed by atoms with Crippen LogP contribution in [-0.4, -0.2) is 48.4 Å². The summed E-state index contributed by atoms with van der Waals surface area (Å²) < 4.78 is 4.95. The second kappa shape index (κ2) is 7.08. The van der Waals surface area contributed by atoms with E-state index in [0.717, 1.165) is 0 Å². The molecule has 4 N–H and O–H groups in total. The topological polar surface area (TPSA) is 116 Å². The minimum absolute atomic E-state index is 0.156. The van der Waals surface area contributed by atoms with E-state index in [1.165, 1.54) is 0 Å². The molecule has 1 unspecified atom stereocenters. The van der Waals surface area contributed by atoms with E-state index < -0.39 is 11.9 Å². The summed E-state index contributed by atoms with van der Waals surface area (Å²) in [4.78, 5) is 35.7. The van der Waals surface area contributed by atoms with Crippen molar-refractivity contribution in [1.82, 2.24) is 4.90 Å². The van der Waals surface area contributed by atoms with Gasteiger partial charge in [0.1, 0.15) is 0 Å². The van der Waals surface area contributed by atoms with E-state index in [0.29, 0.717) is 32.5 Å². The van der Waals surface area contributed by atoms with E-state index in [-0.39, 0.29) is 24.2 Å². The van der Waals surface area contributed by atoms with Crippen LogP contribution in [0.15, 0.2) is 0 Å². The zero-order valence-electron chi connectivity index (χ0n) is 11.1. The lowest BCUT2D eigenvalue weighted by molar-refractivity contribution is -0.151. The largest absolute Gasteiger partial charge is 0.466 e. The molecular weight excluding hydrogens is 250 g/mol. The van der Waals surface area contributed by atoms with Gasteiger partial charge in [-0.05, 0) is 19.8 Å². The molecule has 1 fully saturated rings. The van der Waals surface area contributed by atoms with E-state index in [2.05, 4.69) is 0 Å². The lowest BCUT2D eigenvalue weighted by Gasteiger charge is -2.32. The maximum absolute atomic E-state index is 11.9. The first-order valence-corrected chi connectivity index (χ1v) is 6.45. The van der Waals surface area contributed by atoms with Crippen molar-refractivity contribution in [3.8, 4) is 0 Å². The first-order chi connectivity index (χ1) is 8.95. The zero-order chi connectivity index (χ0) is 14.4. The highest BCUT2D eigenvalue weighted by Gasteiger charge is 2.30. The van der Waals surface area contributed by atoms with Crippen LogP contribution in [0.3, 0.4) is 0 Å². The fraction of sp³-hybridized carbons (Fsp3) is 0.750. The third-order valence-electron chi connectivity index (χ3n) is 3.16. The molecule has 19 heavy (non-hydrogen) atoms. The number of amides is 2. The Labute approximate surface area is 112 Å². The van der Waals surface area contributed by atoms with Crippen molar-refractivity contribution in [3.05, 3.63) is 0 Å². The number of primary amides is 1. The van der Waals surface area contributed by atoms with E-state index >= 15 is 0 Å². The minimum Gasteiger partial charge on any atom is -0.466 e. The van der Waals surface area contributed by atoms with Gasteiger partial charge in [0.25, 0.3) is 0 Å². The van der Waals surface area contributed by atoms with Crippen molar-refractivity contribution in [3.63, 3.8) is 0 Å². The van der Waals surface area contributed by atoms with Crippen molar-refractivity contribution in [2.75, 3.05) is 19.7 Å². The summed E-state index contributed by atoms with van der Waals surface area (Å²) in [6.45, 7) is 3.03. The van der Waals surface area contributed by atoms with Crippen LogP contribution in [0.2, 0.25) is 0 Å². The Kier molecular flexibility index (Phi) is 5.75. The summed E-state index contributed by atoms with van der Waals surface area (Å²) in [6.07, 6.45) is 0.971. The number of nitrogens with two attached hydrogens (primary N) is 2. The van der Waals surface area contributed by atoms with Gasteiger partial charge >= 0.3 is 5.97 Å². The fourth-order valence-electron chi connectivity index (χ4n) is 2.13. The molecular formula is C12H21N3O4. The maximum Gasteiger partial charge on any atom is 0.309 e. The molecule has 0 aliphatic carbocycles. The average molecular weight is 271 g/mol. The highest BCUT2D eigenvalue weighted by Crippen LogP contribution is 2.19. The molecule has 2 amide bonds. The van der Waals surface area contributed by atoms with Crippen LogP contribution < -0.4 is 11.5 Å². The molecule has 108 valence electrons. The molecule has 0 saturated carbocycles. The van der Waals surface area contributed by atoms with Crippen LogP contribution in [0.25, 0.3) is 0 Å². The van der Waals surface area contributed by atoms with Crippen LogP contribution in [-0.2, 0) is 19.1 Å². The standard InChI is InChI=1S/C12H21N3O4/c1-2-19-12(18)8-3-5-15(6-4-8)11(17)9(13)7-10(14)16/h8-9H,2-7,13H2,1H3,(H2,14,16). The molecule has 1 rings (SSSR count). The Morgan fingerprint density at radius 3 is 2.37 bits per heavy atom. The van der Waals surface area contributed by atoms with Gasteiger partial charge in [0.15, 0.2) is 0 Å². The quantitative estimate of drug-likeness (QED) is 0.622. The number of hydrogen-bond donors (Lipinski definition) is 2. The van der Waals surface area contributed by atoms with Crippen molar-refractivity contribution in [2.45, 2.75) is 32.2 Å². The van der Waals surface area contributed by atoms with Crippen molar-refractivity contribution in [1.29, 1.82) is 0 Å². The number of ether oxygens (including phenoxy) is 1. The molecule has 0 spiro atoms. The molecule has 0 aromatic carbocycles. The number of carbonyl (C=O) groups excluding carboxylic acids is 3. The summed E-state index contributed by atoms with van der Waals surface area (Å²) in [5.41, 5.74) is 10.6. The van der Waals surface area contributed by atoms with E-state index in [9.17, 15) is 14.4 Å². The molecule has 0 bridgehead atoms. The number of piperidine rings is 1. The summed E-state index contributed by atoms with van der Waals surface area (Å²) in [5, 5.41) is 0. The third-order valence-corrected chi connectivity index (χ3v) is 3.16. The predicted octanol–water partition coefficient (Wildman–Crippen LogP) is -1.01. The molecule has 1 atom stereocenters. The van der Waals surface area contributed by atoms with Crippen LogP contribution in [0.1, 0.15) is 26.2 Å². The molecule has 1 saturated heterocycles. The molecule has 0 aromatic heterocycles. The first-order valence-electron chi connectivity index (χ1n) is 6.45. The monoisotopic (exact) mass is 271 g/mol.